The molecule has 2 aromatic rings. The zero-order valence-corrected chi connectivity index (χ0v) is 19.0. The number of benzene rings is 2. The van der Waals surface area contributed by atoms with Crippen LogP contribution in [0.5, 0.6) is 0 Å². The molecule has 1 aliphatic rings. The summed E-state index contributed by atoms with van der Waals surface area (Å²) in [6.07, 6.45) is 2.02. The molecule has 1 atom stereocenters. The van der Waals surface area contributed by atoms with Crippen LogP contribution >= 0.6 is 15.9 Å². The number of sulfonamides is 1. The first-order chi connectivity index (χ1) is 14.3. The Kier molecular flexibility index (Phi) is 7.27. The van der Waals surface area contributed by atoms with Crippen molar-refractivity contribution in [2.45, 2.75) is 43.7 Å². The van der Waals surface area contributed by atoms with Gasteiger partial charge in [0.25, 0.3) is 0 Å². The Morgan fingerprint density at radius 1 is 1.07 bits per heavy atom. The summed E-state index contributed by atoms with van der Waals surface area (Å²) in [6, 6.07) is 12.8. The Bertz CT molecular complexity index is 1010. The van der Waals surface area contributed by atoms with Crippen molar-refractivity contribution < 1.29 is 18.0 Å². The average Bonchev–Trinajstić information content (AvgIpc) is 2.73. The van der Waals surface area contributed by atoms with E-state index in [0.29, 0.717) is 18.7 Å². The molecule has 2 N–H and O–H groups in total. The second-order valence-electron chi connectivity index (χ2n) is 7.18. The maximum Gasteiger partial charge on any atom is 0.243 e. The first-order valence-electron chi connectivity index (χ1n) is 9.69. The minimum absolute atomic E-state index is 0.152. The molecular formula is C21H24BrN3O4S. The van der Waals surface area contributed by atoms with Gasteiger partial charge in [-0.1, -0.05) is 34.5 Å². The number of halogens is 1. The summed E-state index contributed by atoms with van der Waals surface area (Å²) in [7, 11) is -3.76. The van der Waals surface area contributed by atoms with E-state index in [4.69, 9.17) is 0 Å². The summed E-state index contributed by atoms with van der Waals surface area (Å²) in [5.74, 6) is -0.457. The van der Waals surface area contributed by atoms with Crippen LogP contribution in [0, 0.1) is 0 Å². The SMILES string of the molecule is CC(=O)Nc1ccc(CNC(=O)[C@@H]2CCCCN2S(=O)(=O)c2ccc(Br)cc2)cc1. The van der Waals surface area contributed by atoms with Crippen LogP contribution in [0.15, 0.2) is 57.9 Å². The zero-order valence-electron chi connectivity index (χ0n) is 16.6. The minimum Gasteiger partial charge on any atom is -0.351 e. The van der Waals surface area contributed by atoms with Gasteiger partial charge in [-0.05, 0) is 54.8 Å². The van der Waals surface area contributed by atoms with Gasteiger partial charge in [0.15, 0.2) is 0 Å². The first-order valence-corrected chi connectivity index (χ1v) is 11.9. The van der Waals surface area contributed by atoms with E-state index in [0.717, 1.165) is 22.9 Å². The van der Waals surface area contributed by atoms with E-state index < -0.39 is 16.1 Å². The Morgan fingerprint density at radius 3 is 2.37 bits per heavy atom. The van der Waals surface area contributed by atoms with Gasteiger partial charge in [-0.25, -0.2) is 8.42 Å². The fourth-order valence-corrected chi connectivity index (χ4v) is 5.33. The number of hydrogen-bond donors (Lipinski definition) is 2. The molecule has 1 heterocycles. The Balaban J connectivity index is 1.69. The van der Waals surface area contributed by atoms with Gasteiger partial charge >= 0.3 is 0 Å². The molecule has 0 radical (unpaired) electrons. The molecule has 2 aromatic carbocycles. The topological polar surface area (TPSA) is 95.6 Å². The van der Waals surface area contributed by atoms with Crippen LogP contribution in [0.2, 0.25) is 0 Å². The molecule has 0 bridgehead atoms. The van der Waals surface area contributed by atoms with Gasteiger partial charge in [-0.3, -0.25) is 9.59 Å². The van der Waals surface area contributed by atoms with Crippen LogP contribution in [-0.2, 0) is 26.2 Å². The second-order valence-corrected chi connectivity index (χ2v) is 9.98. The lowest BCUT2D eigenvalue weighted by Crippen LogP contribution is -2.51. The Hall–Kier alpha value is -2.23. The van der Waals surface area contributed by atoms with Crippen molar-refractivity contribution in [3.05, 3.63) is 58.6 Å². The van der Waals surface area contributed by atoms with Crippen molar-refractivity contribution in [1.29, 1.82) is 0 Å². The summed E-state index contributed by atoms with van der Waals surface area (Å²) in [4.78, 5) is 24.1. The molecule has 2 amide bonds. The lowest BCUT2D eigenvalue weighted by atomic mass is 10.0. The standard InChI is InChI=1S/C21H24BrN3O4S/c1-15(26)24-18-9-5-16(6-10-18)14-23-21(27)20-4-2-3-13-25(20)30(28,29)19-11-7-17(22)8-12-19/h5-12,20H,2-4,13-14H2,1H3,(H,23,27)(H,24,26)/t20-/m0/s1. The highest BCUT2D eigenvalue weighted by Crippen LogP contribution is 2.26. The maximum absolute atomic E-state index is 13.1. The smallest absolute Gasteiger partial charge is 0.243 e. The van der Waals surface area contributed by atoms with E-state index in [9.17, 15) is 18.0 Å². The van der Waals surface area contributed by atoms with Crippen molar-refractivity contribution in [3.8, 4) is 0 Å². The predicted molar refractivity (Wildman–Crippen MR) is 118 cm³/mol. The predicted octanol–water partition coefficient (Wildman–Crippen LogP) is 3.27. The van der Waals surface area contributed by atoms with Crippen molar-refractivity contribution in [2.75, 3.05) is 11.9 Å². The largest absolute Gasteiger partial charge is 0.351 e. The molecule has 160 valence electrons. The minimum atomic E-state index is -3.76. The highest BCUT2D eigenvalue weighted by atomic mass is 79.9. The van der Waals surface area contributed by atoms with Crippen LogP contribution in [-0.4, -0.2) is 37.1 Å². The van der Waals surface area contributed by atoms with Gasteiger partial charge < -0.3 is 10.6 Å². The van der Waals surface area contributed by atoms with Gasteiger partial charge in [0.1, 0.15) is 6.04 Å². The number of amides is 2. The van der Waals surface area contributed by atoms with Gasteiger partial charge in [0.2, 0.25) is 21.8 Å². The molecule has 7 nitrogen and oxygen atoms in total. The summed E-state index contributed by atoms with van der Waals surface area (Å²) in [5, 5.41) is 5.54. The molecule has 0 aliphatic carbocycles. The lowest BCUT2D eigenvalue weighted by Gasteiger charge is -2.33. The fraction of sp³-hybridized carbons (Fsp3) is 0.333. The summed E-state index contributed by atoms with van der Waals surface area (Å²) >= 11 is 3.31. The van der Waals surface area contributed by atoms with Crippen LogP contribution < -0.4 is 10.6 Å². The average molecular weight is 494 g/mol. The molecule has 9 heteroatoms. The lowest BCUT2D eigenvalue weighted by molar-refractivity contribution is -0.125. The molecule has 3 rings (SSSR count). The van der Waals surface area contributed by atoms with Gasteiger partial charge in [0.05, 0.1) is 4.90 Å². The third-order valence-corrected chi connectivity index (χ3v) is 7.37. The molecule has 0 unspecified atom stereocenters. The number of carbonyl (C=O) groups excluding carboxylic acids is 2. The third kappa shape index (κ3) is 5.47. The van der Waals surface area contributed by atoms with Crippen molar-refractivity contribution in [3.63, 3.8) is 0 Å². The highest BCUT2D eigenvalue weighted by Gasteiger charge is 2.37. The molecule has 1 fully saturated rings. The molecule has 1 aliphatic heterocycles. The van der Waals surface area contributed by atoms with E-state index >= 15 is 0 Å². The molecule has 0 spiro atoms. The molecule has 30 heavy (non-hydrogen) atoms. The zero-order chi connectivity index (χ0) is 21.7. The number of carbonyl (C=O) groups is 2. The monoisotopic (exact) mass is 493 g/mol. The van der Waals surface area contributed by atoms with Gasteiger partial charge in [-0.2, -0.15) is 4.31 Å². The number of rotatable bonds is 6. The van der Waals surface area contributed by atoms with E-state index in [-0.39, 0.29) is 23.3 Å². The maximum atomic E-state index is 13.1. The highest BCUT2D eigenvalue weighted by molar-refractivity contribution is 9.10. The number of nitrogens with one attached hydrogen (secondary N) is 2. The van der Waals surface area contributed by atoms with E-state index in [1.54, 1.807) is 36.4 Å². The molecule has 1 saturated heterocycles. The number of piperidine rings is 1. The third-order valence-electron chi connectivity index (χ3n) is 4.92. The van der Waals surface area contributed by atoms with E-state index in [1.807, 2.05) is 12.1 Å². The second kappa shape index (κ2) is 9.72. The molecule has 0 saturated carbocycles. The number of nitrogens with zero attached hydrogens (tertiary/aromatic N) is 1. The number of hydrogen-bond acceptors (Lipinski definition) is 4. The molecule has 0 aromatic heterocycles. The van der Waals surface area contributed by atoms with Crippen LogP contribution in [0.25, 0.3) is 0 Å². The van der Waals surface area contributed by atoms with Crippen LogP contribution in [0.4, 0.5) is 5.69 Å². The Labute approximate surface area is 185 Å². The van der Waals surface area contributed by atoms with E-state index in [1.165, 1.54) is 11.2 Å². The van der Waals surface area contributed by atoms with Crippen LogP contribution in [0.3, 0.4) is 0 Å². The normalized spacial score (nSPS) is 17.3. The van der Waals surface area contributed by atoms with Crippen molar-refractivity contribution in [2.24, 2.45) is 0 Å². The summed E-state index contributed by atoms with van der Waals surface area (Å²) in [5.41, 5.74) is 1.53. The number of anilines is 1. The molecular weight excluding hydrogens is 470 g/mol. The van der Waals surface area contributed by atoms with Crippen molar-refractivity contribution >= 4 is 43.5 Å². The summed E-state index contributed by atoms with van der Waals surface area (Å²) in [6.45, 7) is 2.04. The quantitative estimate of drug-likeness (QED) is 0.645. The van der Waals surface area contributed by atoms with Crippen molar-refractivity contribution in [1.82, 2.24) is 9.62 Å². The fourth-order valence-electron chi connectivity index (χ4n) is 3.41. The first kappa shape index (κ1) is 22.5. The van der Waals surface area contributed by atoms with E-state index in [2.05, 4.69) is 26.6 Å². The van der Waals surface area contributed by atoms with Gasteiger partial charge in [0, 0.05) is 30.2 Å². The van der Waals surface area contributed by atoms with Gasteiger partial charge in [-0.15, -0.1) is 0 Å². The van der Waals surface area contributed by atoms with Crippen LogP contribution in [0.1, 0.15) is 31.7 Å². The Morgan fingerprint density at radius 2 is 1.73 bits per heavy atom. The summed E-state index contributed by atoms with van der Waals surface area (Å²) < 4.78 is 28.3.